The molecule has 4 rings (SSSR count). The molecule has 2 aromatic carbocycles. The summed E-state index contributed by atoms with van der Waals surface area (Å²) in [5.41, 5.74) is 2.24. The Hall–Kier alpha value is -3.46. The van der Waals surface area contributed by atoms with Crippen LogP contribution in [0, 0.1) is 0 Å². The molecule has 0 spiro atoms. The van der Waals surface area contributed by atoms with Crippen LogP contribution in [0.15, 0.2) is 54.6 Å². The van der Waals surface area contributed by atoms with Gasteiger partial charge in [-0.15, -0.1) is 10.2 Å². The second-order valence-corrected chi connectivity index (χ2v) is 7.35. The zero-order valence-corrected chi connectivity index (χ0v) is 17.6. The van der Waals surface area contributed by atoms with Gasteiger partial charge in [0.1, 0.15) is 12.3 Å². The highest BCUT2D eigenvalue weighted by Gasteiger charge is 2.14. The van der Waals surface area contributed by atoms with Gasteiger partial charge >= 0.3 is 0 Å². The molecule has 0 bridgehead atoms. The Morgan fingerprint density at radius 3 is 2.58 bits per heavy atom. The van der Waals surface area contributed by atoms with Gasteiger partial charge in [-0.25, -0.2) is 0 Å². The van der Waals surface area contributed by atoms with E-state index in [2.05, 4.69) is 44.6 Å². The number of nitrogens with zero attached hydrogens (tertiary/aromatic N) is 6. The number of likely N-dealkylation sites (N-methyl/N-ethyl adjacent to an activating group) is 1. The van der Waals surface area contributed by atoms with E-state index in [0.717, 1.165) is 37.6 Å². The van der Waals surface area contributed by atoms with Gasteiger partial charge in [0.25, 0.3) is 0 Å². The number of benzene rings is 2. The normalized spacial score (nSPS) is 13.8. The fourth-order valence-corrected chi connectivity index (χ4v) is 3.30. The van der Waals surface area contributed by atoms with Crippen LogP contribution in [-0.4, -0.2) is 64.4 Å². The lowest BCUT2D eigenvalue weighted by atomic mass is 10.1. The van der Waals surface area contributed by atoms with Crippen molar-refractivity contribution in [1.82, 2.24) is 25.1 Å². The molecule has 0 saturated carbocycles. The number of anilines is 1. The summed E-state index contributed by atoms with van der Waals surface area (Å²) in [5.74, 6) is 1.07. The number of tetrazole rings is 1. The maximum absolute atomic E-state index is 12.6. The number of hydrogen-bond donors (Lipinski definition) is 0. The van der Waals surface area contributed by atoms with Gasteiger partial charge in [-0.1, -0.05) is 30.3 Å². The summed E-state index contributed by atoms with van der Waals surface area (Å²) in [6.45, 7) is 4.07. The average Bonchev–Trinajstić information content (AvgIpc) is 3.26. The van der Waals surface area contributed by atoms with Gasteiger partial charge in [-0.2, -0.15) is 4.80 Å². The van der Waals surface area contributed by atoms with Crippen molar-refractivity contribution >= 4 is 11.6 Å². The third-order valence-corrected chi connectivity index (χ3v) is 5.04. The summed E-state index contributed by atoms with van der Waals surface area (Å²) in [6.07, 6.45) is 0. The SMILES string of the molecule is CN(Cc1ccc(N2CCOCC2)cc1)C(=O)Cn1nnc(COc2ccccc2)n1. The molecular weight excluding hydrogens is 396 g/mol. The smallest absolute Gasteiger partial charge is 0.246 e. The van der Waals surface area contributed by atoms with E-state index in [9.17, 15) is 4.79 Å². The Balaban J connectivity index is 1.26. The monoisotopic (exact) mass is 422 g/mol. The number of morpholine rings is 1. The molecule has 1 aliphatic rings. The Bertz CT molecular complexity index is 970. The lowest BCUT2D eigenvalue weighted by Crippen LogP contribution is -2.36. The van der Waals surface area contributed by atoms with E-state index >= 15 is 0 Å². The first-order chi connectivity index (χ1) is 15.2. The third kappa shape index (κ3) is 5.79. The number of ether oxygens (including phenoxy) is 2. The van der Waals surface area contributed by atoms with Gasteiger partial charge in [0, 0.05) is 32.4 Å². The maximum Gasteiger partial charge on any atom is 0.246 e. The Morgan fingerprint density at radius 1 is 1.10 bits per heavy atom. The maximum atomic E-state index is 12.6. The van der Waals surface area contributed by atoms with Crippen LogP contribution in [0.2, 0.25) is 0 Å². The van der Waals surface area contributed by atoms with Crippen LogP contribution in [-0.2, 0) is 29.2 Å². The van der Waals surface area contributed by atoms with E-state index in [1.54, 1.807) is 11.9 Å². The van der Waals surface area contributed by atoms with Gasteiger partial charge in [-0.05, 0) is 35.0 Å². The van der Waals surface area contributed by atoms with Crippen LogP contribution >= 0.6 is 0 Å². The van der Waals surface area contributed by atoms with Crippen molar-refractivity contribution in [2.24, 2.45) is 0 Å². The molecule has 1 saturated heterocycles. The summed E-state index contributed by atoms with van der Waals surface area (Å²) >= 11 is 0. The number of carbonyl (C=O) groups is 1. The van der Waals surface area contributed by atoms with Crippen LogP contribution in [0.5, 0.6) is 5.75 Å². The summed E-state index contributed by atoms with van der Waals surface area (Å²) in [5, 5.41) is 12.1. The van der Waals surface area contributed by atoms with Crippen molar-refractivity contribution in [3.63, 3.8) is 0 Å². The van der Waals surface area contributed by atoms with E-state index in [4.69, 9.17) is 9.47 Å². The van der Waals surface area contributed by atoms with E-state index in [1.807, 2.05) is 30.3 Å². The molecule has 0 unspecified atom stereocenters. The summed E-state index contributed by atoms with van der Waals surface area (Å²) < 4.78 is 11.0. The molecule has 2 heterocycles. The van der Waals surface area contributed by atoms with Crippen molar-refractivity contribution < 1.29 is 14.3 Å². The Morgan fingerprint density at radius 2 is 1.84 bits per heavy atom. The zero-order chi connectivity index (χ0) is 21.5. The fraction of sp³-hybridized carbons (Fsp3) is 0.364. The van der Waals surface area contributed by atoms with Crippen molar-refractivity contribution in [1.29, 1.82) is 0 Å². The minimum absolute atomic E-state index is 0.0285. The first kappa shape index (κ1) is 20.8. The van der Waals surface area contributed by atoms with Crippen molar-refractivity contribution in [3.05, 3.63) is 66.0 Å². The lowest BCUT2D eigenvalue weighted by molar-refractivity contribution is -0.131. The van der Waals surface area contributed by atoms with E-state index in [0.29, 0.717) is 12.4 Å². The van der Waals surface area contributed by atoms with Gasteiger partial charge in [0.05, 0.1) is 13.2 Å². The van der Waals surface area contributed by atoms with Gasteiger partial charge in [0.2, 0.25) is 11.7 Å². The van der Waals surface area contributed by atoms with E-state index < -0.39 is 0 Å². The Kier molecular flexibility index (Phi) is 6.73. The number of hydrogen-bond acceptors (Lipinski definition) is 7. The molecular formula is C22H26N6O3. The minimum atomic E-state index is -0.0924. The molecule has 3 aromatic rings. The Labute approximate surface area is 181 Å². The highest BCUT2D eigenvalue weighted by molar-refractivity contribution is 5.75. The number of aromatic nitrogens is 4. The van der Waals surface area contributed by atoms with Crippen LogP contribution in [0.25, 0.3) is 0 Å². The average molecular weight is 422 g/mol. The molecule has 9 nitrogen and oxygen atoms in total. The van der Waals surface area contributed by atoms with Gasteiger partial charge < -0.3 is 19.3 Å². The first-order valence-corrected chi connectivity index (χ1v) is 10.3. The highest BCUT2D eigenvalue weighted by Crippen LogP contribution is 2.17. The van der Waals surface area contributed by atoms with E-state index in [-0.39, 0.29) is 19.1 Å². The van der Waals surface area contributed by atoms with Crippen LogP contribution < -0.4 is 9.64 Å². The summed E-state index contributed by atoms with van der Waals surface area (Å²) in [7, 11) is 1.77. The largest absolute Gasteiger partial charge is 0.485 e. The highest BCUT2D eigenvalue weighted by atomic mass is 16.5. The molecule has 31 heavy (non-hydrogen) atoms. The van der Waals surface area contributed by atoms with Crippen LogP contribution in [0.1, 0.15) is 11.4 Å². The molecule has 9 heteroatoms. The molecule has 0 N–H and O–H groups in total. The first-order valence-electron chi connectivity index (χ1n) is 10.3. The van der Waals surface area contributed by atoms with E-state index in [1.165, 1.54) is 10.5 Å². The molecule has 1 amide bonds. The predicted octanol–water partition coefficient (Wildman–Crippen LogP) is 1.75. The summed E-state index contributed by atoms with van der Waals surface area (Å²) in [4.78, 5) is 17.8. The zero-order valence-electron chi connectivity index (χ0n) is 17.6. The molecule has 0 radical (unpaired) electrons. The number of rotatable bonds is 8. The quantitative estimate of drug-likeness (QED) is 0.547. The molecule has 0 aliphatic carbocycles. The fourth-order valence-electron chi connectivity index (χ4n) is 3.30. The molecule has 0 atom stereocenters. The van der Waals surface area contributed by atoms with Gasteiger partial charge in [-0.3, -0.25) is 4.79 Å². The van der Waals surface area contributed by atoms with Crippen molar-refractivity contribution in [3.8, 4) is 5.75 Å². The lowest BCUT2D eigenvalue weighted by Gasteiger charge is -2.29. The topological polar surface area (TPSA) is 85.6 Å². The molecule has 1 aromatic heterocycles. The molecule has 1 aliphatic heterocycles. The van der Waals surface area contributed by atoms with Crippen LogP contribution in [0.4, 0.5) is 5.69 Å². The standard InChI is InChI=1S/C22H26N6O3/c1-26(15-18-7-9-19(10-8-18)27-11-13-30-14-12-27)22(29)16-28-24-21(23-25-28)17-31-20-5-3-2-4-6-20/h2-10H,11-17H2,1H3. The minimum Gasteiger partial charge on any atom is -0.485 e. The molecule has 162 valence electrons. The predicted molar refractivity (Wildman–Crippen MR) is 115 cm³/mol. The second kappa shape index (κ2) is 10.0. The van der Waals surface area contributed by atoms with Crippen molar-refractivity contribution in [2.75, 3.05) is 38.3 Å². The second-order valence-electron chi connectivity index (χ2n) is 7.35. The number of amides is 1. The van der Waals surface area contributed by atoms with Crippen LogP contribution in [0.3, 0.4) is 0 Å². The molecule has 1 fully saturated rings. The number of para-hydroxylation sites is 1. The van der Waals surface area contributed by atoms with Gasteiger partial charge in [0.15, 0.2) is 6.61 Å². The number of carbonyl (C=O) groups excluding carboxylic acids is 1. The van der Waals surface area contributed by atoms with Crippen molar-refractivity contribution in [2.45, 2.75) is 19.7 Å². The third-order valence-electron chi connectivity index (χ3n) is 5.04. The summed E-state index contributed by atoms with van der Waals surface area (Å²) in [6, 6.07) is 17.7.